The number of rotatable bonds is 0. The quantitative estimate of drug-likeness (QED) is 0.446. The van der Waals surface area contributed by atoms with Crippen LogP contribution in [0.1, 0.15) is 0 Å². The van der Waals surface area contributed by atoms with Crippen molar-refractivity contribution in [2.75, 3.05) is 6.54 Å². The average molecular weight is 122 g/mol. The first kappa shape index (κ1) is 5.63. The summed E-state index contributed by atoms with van der Waals surface area (Å²) in [5, 5.41) is 11.0. The molecule has 0 aromatic carbocycles. The maximum absolute atomic E-state index is 8.36. The van der Waals surface area contributed by atoms with Crippen LogP contribution in [0.3, 0.4) is 0 Å². The molecule has 0 atom stereocenters. The van der Waals surface area contributed by atoms with Gasteiger partial charge in [-0.05, 0) is 0 Å². The molecule has 0 saturated carbocycles. The second-order valence-corrected chi connectivity index (χ2v) is 1.62. The summed E-state index contributed by atoms with van der Waals surface area (Å²) in [4.78, 5) is 3.78. The van der Waals surface area contributed by atoms with Crippen LogP contribution in [0.25, 0.3) is 0 Å². The maximum Gasteiger partial charge on any atom is 0.117 e. The molecule has 0 saturated heterocycles. The topological polar surface area (TPSA) is 74.2 Å². The van der Waals surface area contributed by atoms with Gasteiger partial charge in [-0.15, -0.1) is 0 Å². The highest BCUT2D eigenvalue weighted by Gasteiger charge is 2.02. The van der Waals surface area contributed by atoms with Gasteiger partial charge < -0.3 is 11.1 Å². The summed E-state index contributed by atoms with van der Waals surface area (Å²) in [5.41, 5.74) is 5.84. The van der Waals surface area contributed by atoms with Gasteiger partial charge in [0.15, 0.2) is 0 Å². The number of nitriles is 1. The van der Waals surface area contributed by atoms with E-state index in [1.807, 2.05) is 6.07 Å². The molecule has 0 amide bonds. The molecule has 1 aliphatic heterocycles. The Morgan fingerprint density at radius 2 is 2.67 bits per heavy atom. The minimum Gasteiger partial charge on any atom is -0.384 e. The third-order valence-electron chi connectivity index (χ3n) is 1.02. The van der Waals surface area contributed by atoms with Gasteiger partial charge in [-0.2, -0.15) is 5.26 Å². The summed E-state index contributed by atoms with van der Waals surface area (Å²) >= 11 is 0. The van der Waals surface area contributed by atoms with Crippen LogP contribution in [0.5, 0.6) is 0 Å². The number of hydrogen-bond donors (Lipinski definition) is 2. The van der Waals surface area contributed by atoms with E-state index in [9.17, 15) is 0 Å². The molecule has 0 aliphatic carbocycles. The van der Waals surface area contributed by atoms with Crippen molar-refractivity contribution in [1.29, 1.82) is 5.26 Å². The van der Waals surface area contributed by atoms with E-state index in [2.05, 4.69) is 10.3 Å². The minimum absolute atomic E-state index is 0.398. The van der Waals surface area contributed by atoms with E-state index in [4.69, 9.17) is 11.0 Å². The summed E-state index contributed by atoms with van der Waals surface area (Å²) < 4.78 is 0. The van der Waals surface area contributed by atoms with E-state index in [-0.39, 0.29) is 0 Å². The number of nitrogens with zero attached hydrogens (tertiary/aromatic N) is 2. The fourth-order valence-corrected chi connectivity index (χ4v) is 0.520. The fourth-order valence-electron chi connectivity index (χ4n) is 0.520. The van der Waals surface area contributed by atoms with Crippen molar-refractivity contribution in [2.24, 2.45) is 10.7 Å². The second kappa shape index (κ2) is 2.18. The Balaban J connectivity index is 2.79. The average Bonchev–Trinajstić information content (AvgIpc) is 1.89. The Kier molecular flexibility index (Phi) is 1.36. The van der Waals surface area contributed by atoms with Crippen LogP contribution >= 0.6 is 0 Å². The molecule has 4 heteroatoms. The fraction of sp³-hybridized carbons (Fsp3) is 0.200. The van der Waals surface area contributed by atoms with Gasteiger partial charge in [-0.1, -0.05) is 0 Å². The second-order valence-electron chi connectivity index (χ2n) is 1.62. The number of nitrogens with two attached hydrogens (primary N) is 1. The van der Waals surface area contributed by atoms with Crippen LogP contribution in [-0.4, -0.2) is 12.9 Å². The lowest BCUT2D eigenvalue weighted by atomic mass is 10.3. The Morgan fingerprint density at radius 3 is 3.11 bits per heavy atom. The molecular weight excluding hydrogens is 116 g/mol. The van der Waals surface area contributed by atoms with Gasteiger partial charge in [0.05, 0.1) is 18.5 Å². The summed E-state index contributed by atoms with van der Waals surface area (Å²) in [5.74, 6) is 0.410. The van der Waals surface area contributed by atoms with Crippen LogP contribution in [0.2, 0.25) is 0 Å². The Bertz CT molecular complexity index is 207. The van der Waals surface area contributed by atoms with Crippen molar-refractivity contribution in [1.82, 2.24) is 5.32 Å². The van der Waals surface area contributed by atoms with Gasteiger partial charge in [0.25, 0.3) is 0 Å². The van der Waals surface area contributed by atoms with Gasteiger partial charge in [0, 0.05) is 0 Å². The molecule has 0 bridgehead atoms. The molecular formula is C5H6N4. The molecule has 9 heavy (non-hydrogen) atoms. The molecule has 1 rings (SSSR count). The number of nitrogens with one attached hydrogen (secondary N) is 1. The third-order valence-corrected chi connectivity index (χ3v) is 1.02. The molecule has 0 fully saturated rings. The summed E-state index contributed by atoms with van der Waals surface area (Å²) in [6, 6.07) is 1.93. The van der Waals surface area contributed by atoms with Crippen molar-refractivity contribution < 1.29 is 0 Å². The lowest BCUT2D eigenvalue weighted by molar-refractivity contribution is 0.982. The van der Waals surface area contributed by atoms with E-state index < -0.39 is 0 Å². The van der Waals surface area contributed by atoms with Gasteiger partial charge in [-0.3, -0.25) is 4.99 Å². The molecule has 0 aromatic rings. The molecule has 0 radical (unpaired) electrons. The van der Waals surface area contributed by atoms with E-state index >= 15 is 0 Å². The van der Waals surface area contributed by atoms with Crippen LogP contribution < -0.4 is 11.1 Å². The normalized spacial score (nSPS) is 16.8. The van der Waals surface area contributed by atoms with Crippen molar-refractivity contribution in [3.63, 3.8) is 0 Å². The summed E-state index contributed by atoms with van der Waals surface area (Å²) in [6.45, 7) is 0.398. The zero-order valence-electron chi connectivity index (χ0n) is 4.76. The molecule has 1 aliphatic rings. The molecule has 1 heterocycles. The Morgan fingerprint density at radius 1 is 1.89 bits per heavy atom. The van der Waals surface area contributed by atoms with E-state index in [1.54, 1.807) is 0 Å². The summed E-state index contributed by atoms with van der Waals surface area (Å²) in [6.07, 6.45) is 1.48. The number of hydrogen-bond acceptors (Lipinski definition) is 4. The first-order valence-electron chi connectivity index (χ1n) is 2.48. The molecule has 0 spiro atoms. The van der Waals surface area contributed by atoms with Crippen LogP contribution in [-0.2, 0) is 0 Å². The zero-order valence-corrected chi connectivity index (χ0v) is 4.76. The van der Waals surface area contributed by atoms with Gasteiger partial charge in [-0.25, -0.2) is 0 Å². The SMILES string of the molecule is N#CC1=C(N)NC=NC1. The van der Waals surface area contributed by atoms with Gasteiger partial charge in [0.2, 0.25) is 0 Å². The third kappa shape index (κ3) is 0.995. The van der Waals surface area contributed by atoms with Crippen molar-refractivity contribution >= 4 is 6.34 Å². The number of aliphatic imine (C=N–C) groups is 1. The van der Waals surface area contributed by atoms with Gasteiger partial charge >= 0.3 is 0 Å². The highest BCUT2D eigenvalue weighted by molar-refractivity contribution is 5.60. The smallest absolute Gasteiger partial charge is 0.117 e. The molecule has 0 unspecified atom stereocenters. The molecule has 4 nitrogen and oxygen atoms in total. The predicted molar refractivity (Wildman–Crippen MR) is 33.3 cm³/mol. The largest absolute Gasteiger partial charge is 0.384 e. The Hall–Kier alpha value is -1.50. The van der Waals surface area contributed by atoms with E-state index in [1.165, 1.54) is 6.34 Å². The lowest BCUT2D eigenvalue weighted by Crippen LogP contribution is -2.24. The van der Waals surface area contributed by atoms with Crippen LogP contribution in [0.4, 0.5) is 0 Å². The van der Waals surface area contributed by atoms with E-state index in [0.717, 1.165) is 0 Å². The van der Waals surface area contributed by atoms with Crippen molar-refractivity contribution in [3.8, 4) is 6.07 Å². The van der Waals surface area contributed by atoms with Crippen molar-refractivity contribution in [3.05, 3.63) is 11.4 Å². The first-order chi connectivity index (χ1) is 4.34. The van der Waals surface area contributed by atoms with Crippen molar-refractivity contribution in [2.45, 2.75) is 0 Å². The molecule has 0 aromatic heterocycles. The van der Waals surface area contributed by atoms with E-state index in [0.29, 0.717) is 17.9 Å². The molecule has 3 N–H and O–H groups in total. The molecule has 46 valence electrons. The highest BCUT2D eigenvalue weighted by Crippen LogP contribution is 1.97. The van der Waals surface area contributed by atoms with Crippen LogP contribution in [0, 0.1) is 11.3 Å². The lowest BCUT2D eigenvalue weighted by Gasteiger charge is -2.06. The maximum atomic E-state index is 8.36. The Labute approximate surface area is 52.7 Å². The highest BCUT2D eigenvalue weighted by atomic mass is 15.0. The standard InChI is InChI=1S/C5H6N4/c6-1-4-2-8-3-9-5(4)7/h3H,2,7H2,(H,8,9). The van der Waals surface area contributed by atoms with Crippen LogP contribution in [0.15, 0.2) is 16.4 Å². The van der Waals surface area contributed by atoms with Gasteiger partial charge in [0.1, 0.15) is 11.9 Å². The predicted octanol–water partition coefficient (Wildman–Crippen LogP) is -0.688. The zero-order chi connectivity index (χ0) is 6.69. The summed E-state index contributed by atoms with van der Waals surface area (Å²) in [7, 11) is 0. The minimum atomic E-state index is 0.398. The first-order valence-corrected chi connectivity index (χ1v) is 2.48. The monoisotopic (exact) mass is 122 g/mol.